The number of rotatable bonds is 7. The third-order valence-corrected chi connectivity index (χ3v) is 11.7. The average molecular weight is 794 g/mol. The topological polar surface area (TPSA) is 74.3 Å². The van der Waals surface area contributed by atoms with Gasteiger partial charge in [0.05, 0.1) is 22.1 Å². The van der Waals surface area contributed by atoms with Gasteiger partial charge in [0.15, 0.2) is 17.5 Å². The molecule has 5 heterocycles. The fourth-order valence-electron chi connectivity index (χ4n) is 8.90. The van der Waals surface area contributed by atoms with Crippen LogP contribution < -0.4 is 0 Å². The highest BCUT2D eigenvalue weighted by Gasteiger charge is 2.19. The highest BCUT2D eigenvalue weighted by atomic mass is 15.1. The molecular formula is C55H35N7. The van der Waals surface area contributed by atoms with Crippen molar-refractivity contribution in [2.45, 2.75) is 0 Å². The summed E-state index contributed by atoms with van der Waals surface area (Å²) in [5, 5.41) is 4.85. The summed E-state index contributed by atoms with van der Waals surface area (Å²) in [6.45, 7) is 0. The second kappa shape index (κ2) is 14.6. The molecule has 0 unspecified atom stereocenters. The molecule has 5 aromatic heterocycles. The summed E-state index contributed by atoms with van der Waals surface area (Å²) >= 11 is 0. The second-order valence-corrected chi connectivity index (χ2v) is 15.3. The zero-order valence-corrected chi connectivity index (χ0v) is 33.3. The molecule has 290 valence electrons. The molecule has 0 saturated carbocycles. The van der Waals surface area contributed by atoms with E-state index in [-0.39, 0.29) is 0 Å². The molecule has 12 rings (SSSR count). The number of benzene rings is 7. The predicted octanol–water partition coefficient (Wildman–Crippen LogP) is 13.2. The standard InChI is InChI=1S/C55H35N7/c1-2-16-40(17-3-1)61-48-23-6-4-18-43(48)45-35-37(28-31-50(45)61)36-26-29-41(30-27-36)62-49-24-7-5-19-44(49)52-42(20-13-25-51(52)62)38-14-12-15-39(34-38)53-58-54(46-21-8-10-32-56-46)60-55(59-53)47-22-9-11-33-57-47/h1-35H. The van der Waals surface area contributed by atoms with Crippen molar-refractivity contribution in [3.63, 3.8) is 0 Å². The lowest BCUT2D eigenvalue weighted by Crippen LogP contribution is -2.01. The number of pyridine rings is 2. The second-order valence-electron chi connectivity index (χ2n) is 15.3. The van der Waals surface area contributed by atoms with Crippen molar-refractivity contribution < 1.29 is 0 Å². The van der Waals surface area contributed by atoms with Crippen molar-refractivity contribution in [2.75, 3.05) is 0 Å². The van der Waals surface area contributed by atoms with E-state index in [9.17, 15) is 0 Å². The number of fused-ring (bicyclic) bond motifs is 6. The number of hydrogen-bond donors (Lipinski definition) is 0. The van der Waals surface area contributed by atoms with Crippen LogP contribution >= 0.6 is 0 Å². The van der Waals surface area contributed by atoms with Crippen molar-refractivity contribution in [3.05, 3.63) is 213 Å². The van der Waals surface area contributed by atoms with E-state index in [1.165, 1.54) is 43.7 Å². The summed E-state index contributed by atoms with van der Waals surface area (Å²) < 4.78 is 4.74. The minimum Gasteiger partial charge on any atom is -0.309 e. The summed E-state index contributed by atoms with van der Waals surface area (Å²) in [4.78, 5) is 23.8. The first kappa shape index (κ1) is 35.4. The smallest absolute Gasteiger partial charge is 0.182 e. The first-order valence-electron chi connectivity index (χ1n) is 20.7. The maximum atomic E-state index is 4.94. The molecule has 0 aliphatic heterocycles. The third kappa shape index (κ3) is 5.94. The minimum atomic E-state index is 0.494. The lowest BCUT2D eigenvalue weighted by atomic mass is 9.97. The Morgan fingerprint density at radius 2 is 0.855 bits per heavy atom. The molecule has 7 aromatic carbocycles. The van der Waals surface area contributed by atoms with Crippen LogP contribution in [0.25, 0.3) is 112 Å². The van der Waals surface area contributed by atoms with Crippen LogP contribution in [0.3, 0.4) is 0 Å². The molecule has 12 aromatic rings. The van der Waals surface area contributed by atoms with Crippen LogP contribution in [0.15, 0.2) is 213 Å². The van der Waals surface area contributed by atoms with Gasteiger partial charge in [-0.2, -0.15) is 0 Å². The fourth-order valence-corrected chi connectivity index (χ4v) is 8.90. The van der Waals surface area contributed by atoms with Crippen molar-refractivity contribution in [1.29, 1.82) is 0 Å². The molecule has 0 fully saturated rings. The summed E-state index contributed by atoms with van der Waals surface area (Å²) in [5.41, 5.74) is 13.7. The van der Waals surface area contributed by atoms with E-state index in [0.717, 1.165) is 39.1 Å². The van der Waals surface area contributed by atoms with Crippen LogP contribution in [0.1, 0.15) is 0 Å². The van der Waals surface area contributed by atoms with Crippen molar-refractivity contribution in [2.24, 2.45) is 0 Å². The van der Waals surface area contributed by atoms with Gasteiger partial charge >= 0.3 is 0 Å². The SMILES string of the molecule is c1ccc(-n2c3ccccc3c3cc(-c4ccc(-n5c6ccccc6c6c(-c7cccc(-c8nc(-c9ccccn9)nc(-c9ccccn9)n8)c7)cccc65)cc4)ccc32)cc1. The molecule has 0 spiro atoms. The van der Waals surface area contributed by atoms with Crippen LogP contribution in [0.2, 0.25) is 0 Å². The van der Waals surface area contributed by atoms with E-state index in [1.54, 1.807) is 12.4 Å². The maximum Gasteiger partial charge on any atom is 0.182 e. The van der Waals surface area contributed by atoms with E-state index in [4.69, 9.17) is 15.0 Å². The Kier molecular flexibility index (Phi) is 8.35. The first-order valence-corrected chi connectivity index (χ1v) is 20.7. The van der Waals surface area contributed by atoms with Gasteiger partial charge < -0.3 is 9.13 Å². The molecule has 0 atom stereocenters. The Hall–Kier alpha value is -8.55. The molecule has 0 bridgehead atoms. The zero-order valence-electron chi connectivity index (χ0n) is 33.3. The molecule has 7 nitrogen and oxygen atoms in total. The maximum absolute atomic E-state index is 4.94. The van der Waals surface area contributed by atoms with Crippen LogP contribution in [0.4, 0.5) is 0 Å². The fraction of sp³-hybridized carbons (Fsp3) is 0. The highest BCUT2D eigenvalue weighted by molar-refractivity contribution is 6.16. The van der Waals surface area contributed by atoms with E-state index >= 15 is 0 Å². The Morgan fingerprint density at radius 3 is 1.58 bits per heavy atom. The average Bonchev–Trinajstić information content (AvgIpc) is 3.87. The molecule has 0 radical (unpaired) electrons. The molecule has 0 aliphatic rings. The largest absolute Gasteiger partial charge is 0.309 e. The van der Waals surface area contributed by atoms with Gasteiger partial charge in [-0.15, -0.1) is 0 Å². The number of para-hydroxylation sites is 3. The van der Waals surface area contributed by atoms with E-state index in [2.05, 4.69) is 177 Å². The van der Waals surface area contributed by atoms with Crippen LogP contribution in [-0.4, -0.2) is 34.1 Å². The monoisotopic (exact) mass is 793 g/mol. The lowest BCUT2D eigenvalue weighted by molar-refractivity contribution is 1.05. The molecule has 0 N–H and O–H groups in total. The van der Waals surface area contributed by atoms with Gasteiger partial charge in [0.1, 0.15) is 11.4 Å². The summed E-state index contributed by atoms with van der Waals surface area (Å²) in [7, 11) is 0. The molecule has 0 saturated heterocycles. The summed E-state index contributed by atoms with van der Waals surface area (Å²) in [6, 6.07) is 70.2. The van der Waals surface area contributed by atoms with Gasteiger partial charge in [-0.25, -0.2) is 15.0 Å². The third-order valence-electron chi connectivity index (χ3n) is 11.7. The molecule has 7 heteroatoms. The predicted molar refractivity (Wildman–Crippen MR) is 251 cm³/mol. The van der Waals surface area contributed by atoms with Crippen molar-refractivity contribution in [3.8, 4) is 68.1 Å². The van der Waals surface area contributed by atoms with Crippen LogP contribution in [-0.2, 0) is 0 Å². The van der Waals surface area contributed by atoms with Gasteiger partial charge in [0, 0.05) is 50.9 Å². The van der Waals surface area contributed by atoms with Gasteiger partial charge in [-0.3, -0.25) is 9.97 Å². The van der Waals surface area contributed by atoms with Gasteiger partial charge in [-0.1, -0.05) is 115 Å². The molecule has 0 aliphatic carbocycles. The van der Waals surface area contributed by atoms with Crippen LogP contribution in [0.5, 0.6) is 0 Å². The van der Waals surface area contributed by atoms with Gasteiger partial charge in [-0.05, 0) is 107 Å². The lowest BCUT2D eigenvalue weighted by Gasteiger charge is -2.11. The van der Waals surface area contributed by atoms with Crippen LogP contribution in [0, 0.1) is 0 Å². The van der Waals surface area contributed by atoms with E-state index in [0.29, 0.717) is 28.9 Å². The van der Waals surface area contributed by atoms with Gasteiger partial charge in [0.25, 0.3) is 0 Å². The zero-order chi connectivity index (χ0) is 41.0. The molecular weight excluding hydrogens is 759 g/mol. The quantitative estimate of drug-likeness (QED) is 0.161. The summed E-state index contributed by atoms with van der Waals surface area (Å²) in [6.07, 6.45) is 3.50. The Balaban J connectivity index is 0.950. The molecule has 62 heavy (non-hydrogen) atoms. The number of hydrogen-bond acceptors (Lipinski definition) is 5. The van der Waals surface area contributed by atoms with Crippen molar-refractivity contribution in [1.82, 2.24) is 34.1 Å². The minimum absolute atomic E-state index is 0.494. The highest BCUT2D eigenvalue weighted by Crippen LogP contribution is 2.40. The Labute approximate surface area is 356 Å². The number of nitrogens with zero attached hydrogens (tertiary/aromatic N) is 7. The molecule has 0 amide bonds. The number of aromatic nitrogens is 7. The summed E-state index contributed by atoms with van der Waals surface area (Å²) in [5.74, 6) is 1.54. The van der Waals surface area contributed by atoms with E-state index < -0.39 is 0 Å². The first-order chi connectivity index (χ1) is 30.7. The normalized spacial score (nSPS) is 11.5. The van der Waals surface area contributed by atoms with E-state index in [1.807, 2.05) is 42.5 Å². The Bertz CT molecular complexity index is 3560. The van der Waals surface area contributed by atoms with Gasteiger partial charge in [0.2, 0.25) is 0 Å². The van der Waals surface area contributed by atoms with Crippen molar-refractivity contribution >= 4 is 43.6 Å². The Morgan fingerprint density at radius 1 is 0.306 bits per heavy atom.